The summed E-state index contributed by atoms with van der Waals surface area (Å²) in [6, 6.07) is 3.14. The molecule has 0 aliphatic carbocycles. The number of nitrogens with one attached hydrogen (secondary N) is 1. The van der Waals surface area contributed by atoms with E-state index in [0.717, 1.165) is 11.8 Å². The number of carboxylic acid groups (broad SMARTS) is 1. The Morgan fingerprint density at radius 1 is 1.55 bits per heavy atom. The highest BCUT2D eigenvalue weighted by Crippen LogP contribution is 2.24. The number of carbonyl (C=O) groups is 1. The maximum atomic E-state index is 13.0. The molecule has 0 unspecified atom stereocenters. The molecule has 1 aromatic rings. The zero-order valence-corrected chi connectivity index (χ0v) is 13.1. The zero-order chi connectivity index (χ0) is 16.5. The van der Waals surface area contributed by atoms with E-state index >= 15 is 0 Å². The van der Waals surface area contributed by atoms with E-state index in [0.29, 0.717) is 21.3 Å². The van der Waals surface area contributed by atoms with Crippen molar-refractivity contribution in [3.63, 3.8) is 0 Å². The molecule has 0 amide bonds. The Kier molecular flexibility index (Phi) is 7.42. The van der Waals surface area contributed by atoms with Crippen LogP contribution in [0.15, 0.2) is 60.8 Å². The number of nitrogens with zero attached hydrogens (tertiary/aromatic N) is 1. The molecule has 7 heteroatoms. The number of aliphatic carboxylic acids is 1. The van der Waals surface area contributed by atoms with E-state index in [1.54, 1.807) is 12.1 Å². The number of hydrogen-bond acceptors (Lipinski definition) is 3. The monoisotopic (exact) mass is 340 g/mol. The Morgan fingerprint density at radius 2 is 2.27 bits per heavy atom. The van der Waals surface area contributed by atoms with Crippen molar-refractivity contribution in [2.45, 2.75) is 5.16 Å². The van der Waals surface area contributed by atoms with Gasteiger partial charge in [0.05, 0.1) is 5.75 Å². The average Bonchev–Trinajstić information content (AvgIpc) is 2.53. The Balaban J connectivity index is 3.29. The third-order valence-electron chi connectivity index (χ3n) is 2.30. The van der Waals surface area contributed by atoms with Crippen LogP contribution in [0.1, 0.15) is 5.56 Å². The molecule has 2 N–H and O–H groups in total. The molecule has 0 fully saturated rings. The number of thioether (sulfide) groups is 1. The van der Waals surface area contributed by atoms with Crippen molar-refractivity contribution in [3.05, 3.63) is 66.2 Å². The Morgan fingerprint density at radius 3 is 2.86 bits per heavy atom. The number of aromatic amines is 1. The van der Waals surface area contributed by atoms with Gasteiger partial charge in [0.15, 0.2) is 5.16 Å². The largest absolute Gasteiger partial charge is 0.481 e. The van der Waals surface area contributed by atoms with E-state index in [1.807, 2.05) is 0 Å². The summed E-state index contributed by atoms with van der Waals surface area (Å²) in [7, 11) is 0. The Hall–Kier alpha value is -2.05. The molecular formula is C15H14ClFN2O2S. The van der Waals surface area contributed by atoms with Crippen molar-refractivity contribution >= 4 is 34.9 Å². The maximum Gasteiger partial charge on any atom is 0.313 e. The van der Waals surface area contributed by atoms with Crippen molar-refractivity contribution in [3.8, 4) is 0 Å². The maximum absolute atomic E-state index is 13.0. The highest BCUT2D eigenvalue weighted by atomic mass is 35.5. The van der Waals surface area contributed by atoms with Gasteiger partial charge < -0.3 is 10.1 Å². The first-order valence-electron chi connectivity index (χ1n) is 6.04. The molecule has 1 rings (SSSR count). The van der Waals surface area contributed by atoms with Gasteiger partial charge >= 0.3 is 5.97 Å². The summed E-state index contributed by atoms with van der Waals surface area (Å²) >= 11 is 7.20. The third kappa shape index (κ3) is 6.15. The molecule has 1 heterocycles. The molecule has 4 nitrogen and oxygen atoms in total. The molecule has 0 aromatic carbocycles. The van der Waals surface area contributed by atoms with Crippen LogP contribution < -0.4 is 0 Å². The first-order chi connectivity index (χ1) is 10.4. The topological polar surface area (TPSA) is 66.0 Å². The predicted molar refractivity (Wildman–Crippen MR) is 88.0 cm³/mol. The van der Waals surface area contributed by atoms with Crippen LogP contribution in [-0.2, 0) is 4.79 Å². The lowest BCUT2D eigenvalue weighted by atomic mass is 10.1. The van der Waals surface area contributed by atoms with Gasteiger partial charge in [0.25, 0.3) is 0 Å². The predicted octanol–water partition coefficient (Wildman–Crippen LogP) is 4.42. The molecule has 0 aliphatic heterocycles. The average molecular weight is 341 g/mol. The molecule has 116 valence electrons. The van der Waals surface area contributed by atoms with E-state index in [4.69, 9.17) is 16.7 Å². The van der Waals surface area contributed by atoms with E-state index in [1.165, 1.54) is 24.5 Å². The zero-order valence-electron chi connectivity index (χ0n) is 11.6. The molecule has 0 aliphatic rings. The molecule has 0 saturated carbocycles. The third-order valence-corrected chi connectivity index (χ3v) is 3.52. The summed E-state index contributed by atoms with van der Waals surface area (Å²) in [5.41, 5.74) is 0.969. The minimum atomic E-state index is -0.947. The number of halogens is 2. The highest BCUT2D eigenvalue weighted by Gasteiger charge is 2.03. The van der Waals surface area contributed by atoms with Gasteiger partial charge in [-0.2, -0.15) is 0 Å². The summed E-state index contributed by atoms with van der Waals surface area (Å²) in [4.78, 5) is 17.5. The summed E-state index contributed by atoms with van der Waals surface area (Å²) in [5, 5.41) is 9.41. The smallest absolute Gasteiger partial charge is 0.313 e. The van der Waals surface area contributed by atoms with Gasteiger partial charge in [-0.05, 0) is 23.8 Å². The van der Waals surface area contributed by atoms with Crippen molar-refractivity contribution in [1.29, 1.82) is 0 Å². The second-order valence-electron chi connectivity index (χ2n) is 3.92. The first-order valence-corrected chi connectivity index (χ1v) is 7.41. The minimum Gasteiger partial charge on any atom is -0.481 e. The second-order valence-corrected chi connectivity index (χ2v) is 5.29. The number of hydrogen-bond donors (Lipinski definition) is 2. The van der Waals surface area contributed by atoms with Crippen LogP contribution >= 0.6 is 23.4 Å². The van der Waals surface area contributed by atoms with E-state index in [9.17, 15) is 9.18 Å². The van der Waals surface area contributed by atoms with Gasteiger partial charge in [-0.25, -0.2) is 9.37 Å². The van der Waals surface area contributed by atoms with Crippen molar-refractivity contribution in [2.75, 3.05) is 5.75 Å². The van der Waals surface area contributed by atoms with Crippen molar-refractivity contribution in [1.82, 2.24) is 9.97 Å². The molecule has 0 atom stereocenters. The van der Waals surface area contributed by atoms with Crippen LogP contribution in [0.25, 0.3) is 5.57 Å². The van der Waals surface area contributed by atoms with Crippen LogP contribution in [0, 0.1) is 0 Å². The van der Waals surface area contributed by atoms with Gasteiger partial charge in [-0.3, -0.25) is 4.79 Å². The summed E-state index contributed by atoms with van der Waals surface area (Å²) < 4.78 is 13.0. The fourth-order valence-electron chi connectivity index (χ4n) is 1.43. The normalized spacial score (nSPS) is 10.7. The standard InChI is InChI=1S/C15H14ClFN2O2S/c1-3-11(8-10(2)17)12-4-6-18-15(22-9-14(20)21)19-7-5-13(12)16/h3-8H,1-2,9H2,(H,18,19)(H,20,21)/b6-4?,7-5?,11-8+,13-12?. The molecule has 0 saturated heterocycles. The molecule has 22 heavy (non-hydrogen) atoms. The quantitative estimate of drug-likeness (QED) is 0.594. The van der Waals surface area contributed by atoms with E-state index in [2.05, 4.69) is 23.1 Å². The fraction of sp³-hybridized carbons (Fsp3) is 0.0667. The molecule has 0 radical (unpaired) electrons. The van der Waals surface area contributed by atoms with Gasteiger partial charge in [0, 0.05) is 23.0 Å². The SMILES string of the molecule is C=C/C(=C\C(=C)F)c1ccnc(SCC(=O)O)[nH]ccc1Cl. The van der Waals surface area contributed by atoms with Gasteiger partial charge in [-0.1, -0.05) is 42.6 Å². The second kappa shape index (κ2) is 9.07. The Bertz CT molecular complexity index is 669. The Labute approximate surface area is 136 Å². The lowest BCUT2D eigenvalue weighted by Crippen LogP contribution is -1.98. The number of rotatable bonds is 6. The highest BCUT2D eigenvalue weighted by molar-refractivity contribution is 7.99. The van der Waals surface area contributed by atoms with E-state index < -0.39 is 11.8 Å². The minimum absolute atomic E-state index is 0.124. The van der Waals surface area contributed by atoms with Crippen LogP contribution in [-0.4, -0.2) is 26.8 Å². The van der Waals surface area contributed by atoms with Crippen LogP contribution in [0.4, 0.5) is 4.39 Å². The number of carboxylic acids is 1. The van der Waals surface area contributed by atoms with Crippen molar-refractivity contribution < 1.29 is 14.3 Å². The lowest BCUT2D eigenvalue weighted by Gasteiger charge is -2.01. The number of aromatic nitrogens is 2. The van der Waals surface area contributed by atoms with Gasteiger partial charge in [0.2, 0.25) is 0 Å². The van der Waals surface area contributed by atoms with Crippen molar-refractivity contribution in [2.24, 2.45) is 0 Å². The van der Waals surface area contributed by atoms with E-state index in [-0.39, 0.29) is 5.75 Å². The van der Waals surface area contributed by atoms with Crippen LogP contribution in [0.3, 0.4) is 0 Å². The summed E-state index contributed by atoms with van der Waals surface area (Å²) in [6.07, 6.45) is 5.63. The van der Waals surface area contributed by atoms with Crippen LogP contribution in [0.2, 0.25) is 5.02 Å². The number of H-pyrrole nitrogens is 1. The van der Waals surface area contributed by atoms with Gasteiger partial charge in [-0.15, -0.1) is 0 Å². The van der Waals surface area contributed by atoms with Gasteiger partial charge in [0.1, 0.15) is 5.83 Å². The number of allylic oxidation sites excluding steroid dienone is 4. The molecule has 1 aromatic heterocycles. The molecule has 0 spiro atoms. The first kappa shape index (κ1) is 18.0. The molecule has 0 bridgehead atoms. The summed E-state index contributed by atoms with van der Waals surface area (Å²) in [5.74, 6) is -1.69. The lowest BCUT2D eigenvalue weighted by molar-refractivity contribution is -0.133. The van der Waals surface area contributed by atoms with Crippen LogP contribution in [0.5, 0.6) is 0 Å². The molecular weight excluding hydrogens is 327 g/mol. The summed E-state index contributed by atoms with van der Waals surface area (Å²) in [6.45, 7) is 6.80. The fourth-order valence-corrected chi connectivity index (χ4v) is 2.21.